The normalized spacial score (nSPS) is 9.76. The number of hydrogen-bond donors (Lipinski definition) is 2. The molecule has 2 rings (SSSR count). The number of carbonyl (C=O) groups is 1. The van der Waals surface area contributed by atoms with Crippen LogP contribution in [-0.4, -0.2) is 13.0 Å². The van der Waals surface area contributed by atoms with Gasteiger partial charge in [-0.25, -0.2) is 4.39 Å². The van der Waals surface area contributed by atoms with E-state index < -0.39 is 11.7 Å². The molecule has 0 saturated carbocycles. The van der Waals surface area contributed by atoms with E-state index in [9.17, 15) is 9.18 Å². The second-order valence-corrected chi connectivity index (χ2v) is 4.19. The first-order valence-electron chi connectivity index (χ1n) is 6.00. The Kier molecular flexibility index (Phi) is 4.05. The van der Waals surface area contributed by atoms with Crippen LogP contribution in [0.25, 0.3) is 0 Å². The number of nitriles is 1. The molecule has 21 heavy (non-hydrogen) atoms. The fourth-order valence-electron chi connectivity index (χ4n) is 1.85. The Hall–Kier alpha value is -3.07. The summed E-state index contributed by atoms with van der Waals surface area (Å²) in [6.45, 7) is 0. The lowest BCUT2D eigenvalue weighted by molar-refractivity contribution is 0.102. The first kappa shape index (κ1) is 14.3. The number of amides is 1. The first-order valence-corrected chi connectivity index (χ1v) is 6.00. The number of rotatable bonds is 3. The van der Waals surface area contributed by atoms with Gasteiger partial charge in [-0.2, -0.15) is 5.26 Å². The molecule has 0 atom stereocenters. The summed E-state index contributed by atoms with van der Waals surface area (Å²) in [6, 6.07) is 10.2. The van der Waals surface area contributed by atoms with Gasteiger partial charge >= 0.3 is 0 Å². The molecule has 3 N–H and O–H groups in total. The Labute approximate surface area is 120 Å². The number of nitrogens with zero attached hydrogens (tertiary/aromatic N) is 1. The zero-order valence-electron chi connectivity index (χ0n) is 11.2. The van der Waals surface area contributed by atoms with Gasteiger partial charge in [0.15, 0.2) is 5.75 Å². The number of benzene rings is 2. The SMILES string of the molecule is COc1c(N)cccc1C(=O)Nc1ccc(F)c(C#N)c1. The second-order valence-electron chi connectivity index (χ2n) is 4.19. The number of para-hydroxylation sites is 1. The van der Waals surface area contributed by atoms with Gasteiger partial charge < -0.3 is 15.8 Å². The molecule has 0 saturated heterocycles. The van der Waals surface area contributed by atoms with E-state index in [2.05, 4.69) is 5.32 Å². The molecule has 0 radical (unpaired) electrons. The monoisotopic (exact) mass is 285 g/mol. The molecule has 0 aromatic heterocycles. The van der Waals surface area contributed by atoms with Crippen molar-refractivity contribution in [3.8, 4) is 11.8 Å². The minimum absolute atomic E-state index is 0.146. The molecule has 0 spiro atoms. The van der Waals surface area contributed by atoms with Gasteiger partial charge in [-0.05, 0) is 30.3 Å². The summed E-state index contributed by atoms with van der Waals surface area (Å²) in [5.74, 6) is -0.843. The molecule has 0 aliphatic carbocycles. The molecule has 0 bridgehead atoms. The topological polar surface area (TPSA) is 88.1 Å². The van der Waals surface area contributed by atoms with Gasteiger partial charge in [0, 0.05) is 5.69 Å². The average molecular weight is 285 g/mol. The zero-order valence-corrected chi connectivity index (χ0v) is 11.2. The number of ether oxygens (including phenoxy) is 1. The van der Waals surface area contributed by atoms with Crippen LogP contribution < -0.4 is 15.8 Å². The third-order valence-electron chi connectivity index (χ3n) is 2.84. The van der Waals surface area contributed by atoms with Crippen LogP contribution in [0.3, 0.4) is 0 Å². The fourth-order valence-corrected chi connectivity index (χ4v) is 1.85. The quantitative estimate of drug-likeness (QED) is 0.848. The predicted octanol–water partition coefficient (Wildman–Crippen LogP) is 2.54. The number of hydrogen-bond acceptors (Lipinski definition) is 4. The highest BCUT2D eigenvalue weighted by molar-refractivity contribution is 6.07. The summed E-state index contributed by atoms with van der Waals surface area (Å²) in [6.07, 6.45) is 0. The van der Waals surface area contributed by atoms with Crippen LogP contribution in [0.2, 0.25) is 0 Å². The molecule has 1 amide bonds. The molecular formula is C15H12FN3O2. The molecule has 5 nitrogen and oxygen atoms in total. The maximum absolute atomic E-state index is 13.2. The zero-order chi connectivity index (χ0) is 15.4. The first-order chi connectivity index (χ1) is 10.1. The van der Waals surface area contributed by atoms with Crippen molar-refractivity contribution in [1.82, 2.24) is 0 Å². The van der Waals surface area contributed by atoms with E-state index in [1.807, 2.05) is 0 Å². The molecule has 0 unspecified atom stereocenters. The molecular weight excluding hydrogens is 273 g/mol. The van der Waals surface area contributed by atoms with Crippen LogP contribution >= 0.6 is 0 Å². The van der Waals surface area contributed by atoms with Crippen LogP contribution in [0.5, 0.6) is 5.75 Å². The third kappa shape index (κ3) is 2.92. The van der Waals surface area contributed by atoms with Crippen molar-refractivity contribution in [2.24, 2.45) is 0 Å². The summed E-state index contributed by atoms with van der Waals surface area (Å²) in [7, 11) is 1.41. The van der Waals surface area contributed by atoms with Crippen LogP contribution in [0.1, 0.15) is 15.9 Å². The number of nitrogens with two attached hydrogens (primary N) is 1. The predicted molar refractivity (Wildman–Crippen MR) is 76.5 cm³/mol. The largest absolute Gasteiger partial charge is 0.494 e. The number of nitrogen functional groups attached to an aromatic ring is 1. The highest BCUT2D eigenvalue weighted by atomic mass is 19.1. The summed E-state index contributed by atoms with van der Waals surface area (Å²) in [4.78, 5) is 12.2. The number of carbonyl (C=O) groups excluding carboxylic acids is 1. The van der Waals surface area contributed by atoms with Gasteiger partial charge in [-0.15, -0.1) is 0 Å². The Morgan fingerprint density at radius 1 is 1.38 bits per heavy atom. The Bertz CT molecular complexity index is 738. The van der Waals surface area contributed by atoms with E-state index in [-0.39, 0.29) is 16.9 Å². The van der Waals surface area contributed by atoms with E-state index in [1.165, 1.54) is 19.2 Å². The highest BCUT2D eigenvalue weighted by Crippen LogP contribution is 2.26. The summed E-state index contributed by atoms with van der Waals surface area (Å²) in [5.41, 5.74) is 6.48. The van der Waals surface area contributed by atoms with Gasteiger partial charge in [0.2, 0.25) is 0 Å². The highest BCUT2D eigenvalue weighted by Gasteiger charge is 2.15. The van der Waals surface area contributed by atoms with Gasteiger partial charge in [-0.3, -0.25) is 4.79 Å². The maximum atomic E-state index is 13.2. The Morgan fingerprint density at radius 3 is 2.81 bits per heavy atom. The van der Waals surface area contributed by atoms with Crippen molar-refractivity contribution < 1.29 is 13.9 Å². The second kappa shape index (κ2) is 5.92. The minimum atomic E-state index is -0.642. The number of nitrogens with one attached hydrogen (secondary N) is 1. The molecule has 2 aromatic carbocycles. The molecule has 6 heteroatoms. The van der Waals surface area contributed by atoms with Gasteiger partial charge in [0.25, 0.3) is 5.91 Å². The van der Waals surface area contributed by atoms with Crippen molar-refractivity contribution in [2.75, 3.05) is 18.2 Å². The van der Waals surface area contributed by atoms with Crippen molar-refractivity contribution in [3.05, 3.63) is 53.3 Å². The minimum Gasteiger partial charge on any atom is -0.494 e. The van der Waals surface area contributed by atoms with Crippen LogP contribution in [0.15, 0.2) is 36.4 Å². The molecule has 2 aromatic rings. The lowest BCUT2D eigenvalue weighted by Crippen LogP contribution is -2.14. The van der Waals surface area contributed by atoms with Gasteiger partial charge in [0.05, 0.1) is 23.9 Å². The van der Waals surface area contributed by atoms with E-state index in [4.69, 9.17) is 15.7 Å². The van der Waals surface area contributed by atoms with Crippen molar-refractivity contribution >= 4 is 17.3 Å². The van der Waals surface area contributed by atoms with Crippen molar-refractivity contribution in [1.29, 1.82) is 5.26 Å². The molecule has 0 aliphatic heterocycles. The molecule has 0 fully saturated rings. The van der Waals surface area contributed by atoms with Crippen LogP contribution in [0, 0.1) is 17.1 Å². The lowest BCUT2D eigenvalue weighted by atomic mass is 10.1. The van der Waals surface area contributed by atoms with Crippen LogP contribution in [0.4, 0.5) is 15.8 Å². The Morgan fingerprint density at radius 2 is 2.14 bits per heavy atom. The van der Waals surface area contributed by atoms with E-state index in [1.54, 1.807) is 24.3 Å². The molecule has 0 heterocycles. The smallest absolute Gasteiger partial charge is 0.259 e. The third-order valence-corrected chi connectivity index (χ3v) is 2.84. The van der Waals surface area contributed by atoms with E-state index in [0.717, 1.165) is 6.07 Å². The van der Waals surface area contributed by atoms with Gasteiger partial charge in [0.1, 0.15) is 11.9 Å². The summed E-state index contributed by atoms with van der Waals surface area (Å²) < 4.78 is 18.3. The van der Waals surface area contributed by atoms with Crippen LogP contribution in [-0.2, 0) is 0 Å². The molecule has 106 valence electrons. The Balaban J connectivity index is 2.31. The van der Waals surface area contributed by atoms with E-state index in [0.29, 0.717) is 11.4 Å². The summed E-state index contributed by atoms with van der Waals surface area (Å²) in [5, 5.41) is 11.3. The fraction of sp³-hybridized carbons (Fsp3) is 0.0667. The average Bonchev–Trinajstić information content (AvgIpc) is 2.48. The number of methoxy groups -OCH3 is 1. The number of halogens is 1. The van der Waals surface area contributed by atoms with Crippen molar-refractivity contribution in [2.45, 2.75) is 0 Å². The molecule has 0 aliphatic rings. The maximum Gasteiger partial charge on any atom is 0.259 e. The lowest BCUT2D eigenvalue weighted by Gasteiger charge is -2.11. The van der Waals surface area contributed by atoms with E-state index >= 15 is 0 Å². The summed E-state index contributed by atoms with van der Waals surface area (Å²) >= 11 is 0. The van der Waals surface area contributed by atoms with Gasteiger partial charge in [-0.1, -0.05) is 6.07 Å². The number of anilines is 2. The van der Waals surface area contributed by atoms with Crippen molar-refractivity contribution in [3.63, 3.8) is 0 Å². The standard InChI is InChI=1S/C15H12FN3O2/c1-21-14-11(3-2-4-13(14)18)15(20)19-10-5-6-12(16)9(7-10)8-17/h2-7H,18H2,1H3,(H,19,20).